The lowest BCUT2D eigenvalue weighted by molar-refractivity contribution is -0.372. The average molecular weight is 198 g/mol. The average Bonchev–Trinajstić information content (AvgIpc) is 2.53. The van der Waals surface area contributed by atoms with Crippen LogP contribution in [-0.4, -0.2) is 18.4 Å². The van der Waals surface area contributed by atoms with E-state index in [1.54, 1.807) is 0 Å². The van der Waals surface area contributed by atoms with Crippen LogP contribution in [-0.2, 0) is 9.47 Å². The smallest absolute Gasteiger partial charge is 0.177 e. The lowest BCUT2D eigenvalue weighted by Crippen LogP contribution is -2.39. The highest BCUT2D eigenvalue weighted by Gasteiger charge is 2.29. The summed E-state index contributed by atoms with van der Waals surface area (Å²) in [5, 5.41) is 1.89. The van der Waals surface area contributed by atoms with Gasteiger partial charge in [0.2, 0.25) is 0 Å². The summed E-state index contributed by atoms with van der Waals surface area (Å²) in [5.41, 5.74) is 0. The molecule has 1 aromatic heterocycles. The van der Waals surface area contributed by atoms with E-state index in [1.807, 2.05) is 24.4 Å². The maximum Gasteiger partial charge on any atom is 0.177 e. The number of carbonyl (C=O) groups excluding carboxylic acids is 1. The Morgan fingerprint density at radius 2 is 2.38 bits per heavy atom. The van der Waals surface area contributed by atoms with Gasteiger partial charge in [-0.05, 0) is 18.4 Å². The number of Topliss-reactive ketones (excluding diaryl/α,β-unsaturated/α-hetero) is 1. The predicted molar refractivity (Wildman–Crippen MR) is 48.7 cm³/mol. The van der Waals surface area contributed by atoms with Gasteiger partial charge in [-0.1, -0.05) is 6.07 Å². The summed E-state index contributed by atoms with van der Waals surface area (Å²) in [6.07, 6.45) is -0.157. The fourth-order valence-electron chi connectivity index (χ4n) is 1.22. The second-order valence-electron chi connectivity index (χ2n) is 2.87. The monoisotopic (exact) mass is 198 g/mol. The summed E-state index contributed by atoms with van der Waals surface area (Å²) < 4.78 is 10.3. The highest BCUT2D eigenvalue weighted by molar-refractivity contribution is 7.12. The van der Waals surface area contributed by atoms with Gasteiger partial charge in [0, 0.05) is 0 Å². The van der Waals surface area contributed by atoms with E-state index < -0.39 is 0 Å². The molecule has 1 aliphatic rings. The number of hydrogen-bond donors (Lipinski definition) is 0. The molecular formula is C9H10O3S. The van der Waals surface area contributed by atoms with Crippen LogP contribution in [0.25, 0.3) is 0 Å². The molecule has 0 radical (unpaired) electrons. The number of rotatable bonds is 3. The van der Waals surface area contributed by atoms with Crippen molar-refractivity contribution in [3.05, 3.63) is 22.4 Å². The van der Waals surface area contributed by atoms with Gasteiger partial charge in [-0.2, -0.15) is 0 Å². The van der Waals surface area contributed by atoms with E-state index in [0.29, 0.717) is 6.42 Å². The van der Waals surface area contributed by atoms with Gasteiger partial charge in [-0.25, -0.2) is 0 Å². The fraction of sp³-hybridized carbons (Fsp3) is 0.444. The van der Waals surface area contributed by atoms with E-state index in [2.05, 4.69) is 0 Å². The Bertz CT molecular complexity index is 288. The molecule has 13 heavy (non-hydrogen) atoms. The summed E-state index contributed by atoms with van der Waals surface area (Å²) in [7, 11) is 0. The van der Waals surface area contributed by atoms with Gasteiger partial charge in [0.25, 0.3) is 0 Å². The van der Waals surface area contributed by atoms with Crippen LogP contribution in [0.15, 0.2) is 17.5 Å². The molecular weight excluding hydrogens is 188 g/mol. The first kappa shape index (κ1) is 8.87. The summed E-state index contributed by atoms with van der Waals surface area (Å²) in [4.78, 5) is 12.2. The van der Waals surface area contributed by atoms with E-state index in [-0.39, 0.29) is 18.4 Å². The van der Waals surface area contributed by atoms with Crippen LogP contribution in [0.4, 0.5) is 0 Å². The molecule has 1 saturated heterocycles. The Balaban J connectivity index is 1.86. The standard InChI is InChI=1S/C9H10O3S/c1-6-11-9(12-6)5-7(10)8-3-2-4-13-8/h2-4,6,9H,5H2,1H3. The molecule has 0 aromatic carbocycles. The summed E-state index contributed by atoms with van der Waals surface area (Å²) in [6.45, 7) is 1.81. The van der Waals surface area contributed by atoms with Crippen molar-refractivity contribution in [3.8, 4) is 0 Å². The van der Waals surface area contributed by atoms with Crippen molar-refractivity contribution in [2.75, 3.05) is 0 Å². The SMILES string of the molecule is CC1OC(CC(=O)c2cccs2)O1. The van der Waals surface area contributed by atoms with Crippen LogP contribution in [0, 0.1) is 0 Å². The summed E-state index contributed by atoms with van der Waals surface area (Å²) in [6, 6.07) is 3.68. The van der Waals surface area contributed by atoms with Crippen LogP contribution in [0.1, 0.15) is 23.0 Å². The van der Waals surface area contributed by atoms with Crippen molar-refractivity contribution in [1.29, 1.82) is 0 Å². The third kappa shape index (κ3) is 1.96. The third-order valence-electron chi connectivity index (χ3n) is 1.83. The van der Waals surface area contributed by atoms with Crippen molar-refractivity contribution in [2.45, 2.75) is 25.9 Å². The minimum absolute atomic E-state index is 0.0897. The number of ketones is 1. The Kier molecular flexibility index (Phi) is 2.44. The number of ether oxygens (including phenoxy) is 2. The predicted octanol–water partition coefficient (Wildman–Crippen LogP) is 2.04. The molecule has 0 N–H and O–H groups in total. The molecule has 0 saturated carbocycles. The summed E-state index contributed by atoms with van der Waals surface area (Å²) >= 11 is 1.45. The van der Waals surface area contributed by atoms with Crippen molar-refractivity contribution in [1.82, 2.24) is 0 Å². The van der Waals surface area contributed by atoms with E-state index in [1.165, 1.54) is 11.3 Å². The Hall–Kier alpha value is -0.710. The quantitative estimate of drug-likeness (QED) is 0.697. The normalized spacial score (nSPS) is 26.8. The number of hydrogen-bond acceptors (Lipinski definition) is 4. The zero-order valence-corrected chi connectivity index (χ0v) is 8.04. The minimum atomic E-state index is -0.329. The maximum atomic E-state index is 11.5. The third-order valence-corrected chi connectivity index (χ3v) is 2.75. The van der Waals surface area contributed by atoms with E-state index in [0.717, 1.165) is 4.88 Å². The first-order valence-electron chi connectivity index (χ1n) is 4.13. The molecule has 0 bridgehead atoms. The molecule has 2 rings (SSSR count). The van der Waals surface area contributed by atoms with E-state index in [4.69, 9.17) is 9.47 Å². The van der Waals surface area contributed by atoms with Gasteiger partial charge in [0.05, 0.1) is 11.3 Å². The zero-order valence-electron chi connectivity index (χ0n) is 7.23. The van der Waals surface area contributed by atoms with Crippen molar-refractivity contribution >= 4 is 17.1 Å². The highest BCUT2D eigenvalue weighted by atomic mass is 32.1. The molecule has 2 heterocycles. The van der Waals surface area contributed by atoms with Gasteiger partial charge in [-0.3, -0.25) is 4.79 Å². The molecule has 0 atom stereocenters. The second-order valence-corrected chi connectivity index (χ2v) is 3.82. The van der Waals surface area contributed by atoms with Gasteiger partial charge in [-0.15, -0.1) is 11.3 Å². The van der Waals surface area contributed by atoms with Crippen LogP contribution in [0.3, 0.4) is 0 Å². The first-order valence-corrected chi connectivity index (χ1v) is 5.01. The van der Waals surface area contributed by atoms with Gasteiger partial charge in [0.1, 0.15) is 0 Å². The molecule has 1 aliphatic heterocycles. The largest absolute Gasteiger partial charge is 0.323 e. The van der Waals surface area contributed by atoms with E-state index in [9.17, 15) is 4.79 Å². The molecule has 4 heteroatoms. The first-order chi connectivity index (χ1) is 6.25. The van der Waals surface area contributed by atoms with Crippen LogP contribution in [0.5, 0.6) is 0 Å². The topological polar surface area (TPSA) is 35.5 Å². The highest BCUT2D eigenvalue weighted by Crippen LogP contribution is 2.21. The second kappa shape index (κ2) is 3.57. The Morgan fingerprint density at radius 1 is 1.62 bits per heavy atom. The Labute approximate surface area is 80.3 Å². The molecule has 0 aliphatic carbocycles. The Morgan fingerprint density at radius 3 is 2.92 bits per heavy atom. The van der Waals surface area contributed by atoms with Gasteiger partial charge in [0.15, 0.2) is 18.4 Å². The molecule has 0 spiro atoms. The fourth-order valence-corrected chi connectivity index (χ4v) is 1.90. The zero-order chi connectivity index (χ0) is 9.26. The van der Waals surface area contributed by atoms with Crippen molar-refractivity contribution in [3.63, 3.8) is 0 Å². The van der Waals surface area contributed by atoms with Crippen LogP contribution < -0.4 is 0 Å². The lowest BCUT2D eigenvalue weighted by atomic mass is 10.2. The van der Waals surface area contributed by atoms with Crippen molar-refractivity contribution in [2.24, 2.45) is 0 Å². The van der Waals surface area contributed by atoms with E-state index >= 15 is 0 Å². The molecule has 1 aromatic rings. The summed E-state index contributed by atoms with van der Waals surface area (Å²) in [5.74, 6) is 0.0897. The molecule has 70 valence electrons. The molecule has 1 fully saturated rings. The van der Waals surface area contributed by atoms with Crippen molar-refractivity contribution < 1.29 is 14.3 Å². The van der Waals surface area contributed by atoms with Gasteiger partial charge >= 0.3 is 0 Å². The lowest BCUT2D eigenvalue weighted by Gasteiger charge is -2.33. The number of thiophene rings is 1. The maximum absolute atomic E-state index is 11.5. The molecule has 3 nitrogen and oxygen atoms in total. The van der Waals surface area contributed by atoms with Gasteiger partial charge < -0.3 is 9.47 Å². The minimum Gasteiger partial charge on any atom is -0.323 e. The van der Waals surface area contributed by atoms with Crippen LogP contribution >= 0.6 is 11.3 Å². The number of carbonyl (C=O) groups is 1. The molecule has 0 unspecified atom stereocenters. The molecule has 0 amide bonds. The van der Waals surface area contributed by atoms with Crippen LogP contribution in [0.2, 0.25) is 0 Å².